The van der Waals surface area contributed by atoms with Crippen molar-refractivity contribution in [1.29, 1.82) is 0 Å². The van der Waals surface area contributed by atoms with Gasteiger partial charge in [-0.05, 0) is 55.5 Å². The van der Waals surface area contributed by atoms with Gasteiger partial charge in [-0.25, -0.2) is 4.98 Å². The van der Waals surface area contributed by atoms with Crippen molar-refractivity contribution >= 4 is 22.9 Å². The Morgan fingerprint density at radius 3 is 2.53 bits per heavy atom. The Balaban J connectivity index is 1.22. The highest BCUT2D eigenvalue weighted by molar-refractivity contribution is 6.32. The Morgan fingerprint density at radius 1 is 1.00 bits per heavy atom. The molecule has 1 aliphatic rings. The molecule has 0 spiro atoms. The van der Waals surface area contributed by atoms with Crippen LogP contribution in [0.15, 0.2) is 60.9 Å². The number of aromatic hydroxyl groups is 1. The molecule has 0 bridgehead atoms. The number of halogens is 1. The van der Waals surface area contributed by atoms with Crippen LogP contribution < -0.4 is 20.1 Å². The van der Waals surface area contributed by atoms with Gasteiger partial charge in [-0.15, -0.1) is 0 Å². The summed E-state index contributed by atoms with van der Waals surface area (Å²) in [7, 11) is 3.21. The molecule has 188 valence electrons. The molecule has 4 aromatic rings. The topological polar surface area (TPSA) is 80.0 Å². The Morgan fingerprint density at radius 2 is 1.78 bits per heavy atom. The van der Waals surface area contributed by atoms with Crippen LogP contribution in [-0.2, 0) is 6.54 Å². The molecule has 2 aromatic heterocycles. The van der Waals surface area contributed by atoms with Crippen LogP contribution in [-0.4, -0.2) is 40.8 Å². The standard InChI is InChI=1S/C28H31ClN4O3/c1-35-26-15-27(36-2)24(29)14-23(26)25-17-33-11-10-21(13-28(33)32-25)31-20-8-6-19(7-9-20)30-16-18-4-3-5-22(34)12-18/h3-5,10-15,17,19-20,30-31,34H,6-9,16H2,1-2H3/t19-,20-. The van der Waals surface area contributed by atoms with E-state index in [1.54, 1.807) is 26.4 Å². The second-order valence-corrected chi connectivity index (χ2v) is 9.64. The van der Waals surface area contributed by atoms with E-state index in [-0.39, 0.29) is 0 Å². The summed E-state index contributed by atoms with van der Waals surface area (Å²) in [6.45, 7) is 0.778. The summed E-state index contributed by atoms with van der Waals surface area (Å²) in [5.41, 5.74) is 4.63. The van der Waals surface area contributed by atoms with Gasteiger partial charge in [0.1, 0.15) is 22.9 Å². The maximum atomic E-state index is 9.65. The number of nitrogens with one attached hydrogen (secondary N) is 2. The Hall–Kier alpha value is -3.42. The number of phenolic OH excluding ortho intramolecular Hbond substituents is 1. The average molecular weight is 507 g/mol. The number of phenols is 1. The van der Waals surface area contributed by atoms with E-state index in [4.69, 9.17) is 26.1 Å². The number of pyridine rings is 1. The van der Waals surface area contributed by atoms with Crippen LogP contribution >= 0.6 is 11.6 Å². The predicted molar refractivity (Wildman–Crippen MR) is 143 cm³/mol. The molecule has 0 aliphatic heterocycles. The third kappa shape index (κ3) is 5.37. The van der Waals surface area contributed by atoms with E-state index in [0.717, 1.165) is 60.4 Å². The van der Waals surface area contributed by atoms with Crippen molar-refractivity contribution in [3.8, 4) is 28.5 Å². The molecule has 1 aliphatic carbocycles. The Labute approximate surface area is 216 Å². The molecule has 7 nitrogen and oxygen atoms in total. The number of aromatic nitrogens is 2. The number of anilines is 1. The van der Waals surface area contributed by atoms with Crippen LogP contribution in [0.2, 0.25) is 5.02 Å². The third-order valence-electron chi connectivity index (χ3n) is 6.81. The van der Waals surface area contributed by atoms with Crippen molar-refractivity contribution in [2.24, 2.45) is 0 Å². The molecule has 0 unspecified atom stereocenters. The smallest absolute Gasteiger partial charge is 0.141 e. The lowest BCUT2D eigenvalue weighted by atomic mass is 9.91. The number of imidazole rings is 1. The highest BCUT2D eigenvalue weighted by Crippen LogP contribution is 2.38. The molecule has 36 heavy (non-hydrogen) atoms. The minimum absolute atomic E-state index is 0.315. The molecule has 3 N–H and O–H groups in total. The van der Waals surface area contributed by atoms with Gasteiger partial charge in [-0.2, -0.15) is 0 Å². The number of hydrogen-bond acceptors (Lipinski definition) is 6. The van der Waals surface area contributed by atoms with Crippen molar-refractivity contribution < 1.29 is 14.6 Å². The summed E-state index contributed by atoms with van der Waals surface area (Å²) >= 11 is 6.37. The average Bonchev–Trinajstić information content (AvgIpc) is 3.31. The fraction of sp³-hybridized carbons (Fsp3) is 0.321. The molecule has 0 atom stereocenters. The van der Waals surface area contributed by atoms with Gasteiger partial charge in [-0.1, -0.05) is 23.7 Å². The minimum Gasteiger partial charge on any atom is -0.508 e. The molecule has 1 saturated carbocycles. The van der Waals surface area contributed by atoms with E-state index in [2.05, 4.69) is 22.8 Å². The Bertz CT molecular complexity index is 1350. The number of fused-ring (bicyclic) bond motifs is 1. The van der Waals surface area contributed by atoms with Crippen molar-refractivity contribution in [1.82, 2.24) is 14.7 Å². The minimum atomic E-state index is 0.315. The van der Waals surface area contributed by atoms with Gasteiger partial charge in [-0.3, -0.25) is 0 Å². The molecule has 0 saturated heterocycles. The first-order valence-corrected chi connectivity index (χ1v) is 12.6. The lowest BCUT2D eigenvalue weighted by molar-refractivity contribution is 0.352. The molecular formula is C28H31ClN4O3. The summed E-state index contributed by atoms with van der Waals surface area (Å²) in [6, 6.07) is 16.1. The van der Waals surface area contributed by atoms with Crippen LogP contribution in [0.3, 0.4) is 0 Å². The fourth-order valence-corrected chi connectivity index (χ4v) is 5.11. The van der Waals surface area contributed by atoms with Crippen molar-refractivity contribution in [3.63, 3.8) is 0 Å². The molecule has 8 heteroatoms. The van der Waals surface area contributed by atoms with Crippen LogP contribution in [0.4, 0.5) is 5.69 Å². The highest BCUT2D eigenvalue weighted by Gasteiger charge is 2.21. The van der Waals surface area contributed by atoms with E-state index >= 15 is 0 Å². The lowest BCUT2D eigenvalue weighted by Crippen LogP contribution is -2.36. The van der Waals surface area contributed by atoms with Gasteiger partial charge < -0.3 is 29.6 Å². The lowest BCUT2D eigenvalue weighted by Gasteiger charge is -2.30. The molecule has 2 heterocycles. The van der Waals surface area contributed by atoms with Crippen LogP contribution in [0.25, 0.3) is 16.9 Å². The first kappa shape index (κ1) is 24.3. The normalized spacial score (nSPS) is 17.8. The second-order valence-electron chi connectivity index (χ2n) is 9.24. The van der Waals surface area contributed by atoms with Crippen LogP contribution in [0.1, 0.15) is 31.2 Å². The quantitative estimate of drug-likeness (QED) is 0.276. The van der Waals surface area contributed by atoms with E-state index in [9.17, 15) is 5.11 Å². The molecular weight excluding hydrogens is 476 g/mol. The van der Waals surface area contributed by atoms with E-state index < -0.39 is 0 Å². The van der Waals surface area contributed by atoms with Gasteiger partial charge in [0.15, 0.2) is 0 Å². The predicted octanol–water partition coefficient (Wildman–Crippen LogP) is 5.89. The van der Waals surface area contributed by atoms with E-state index in [1.807, 2.05) is 41.1 Å². The fourth-order valence-electron chi connectivity index (χ4n) is 4.87. The maximum absolute atomic E-state index is 9.65. The SMILES string of the molecule is COc1cc(OC)c(-c2cn3ccc(N[C@H]4CC[C@H](NCc5cccc(O)c5)CC4)cc3n2)cc1Cl. The highest BCUT2D eigenvalue weighted by atomic mass is 35.5. The van der Waals surface area contributed by atoms with E-state index in [0.29, 0.717) is 34.4 Å². The van der Waals surface area contributed by atoms with Crippen molar-refractivity contribution in [2.75, 3.05) is 19.5 Å². The first-order chi connectivity index (χ1) is 17.5. The molecule has 0 radical (unpaired) electrons. The van der Waals surface area contributed by atoms with Crippen LogP contribution in [0.5, 0.6) is 17.2 Å². The largest absolute Gasteiger partial charge is 0.508 e. The maximum Gasteiger partial charge on any atom is 0.141 e. The number of benzene rings is 2. The van der Waals surface area contributed by atoms with Crippen LogP contribution in [0, 0.1) is 0 Å². The van der Waals surface area contributed by atoms with Crippen molar-refractivity contribution in [2.45, 2.75) is 44.3 Å². The number of rotatable bonds is 8. The molecule has 0 amide bonds. The second kappa shape index (κ2) is 10.7. The summed E-state index contributed by atoms with van der Waals surface area (Å²) in [4.78, 5) is 4.83. The number of ether oxygens (including phenoxy) is 2. The zero-order chi connectivity index (χ0) is 25.1. The summed E-state index contributed by atoms with van der Waals surface area (Å²) in [5.74, 6) is 1.54. The van der Waals surface area contributed by atoms with Gasteiger partial charge in [0.25, 0.3) is 0 Å². The zero-order valence-corrected chi connectivity index (χ0v) is 21.3. The first-order valence-electron chi connectivity index (χ1n) is 12.2. The summed E-state index contributed by atoms with van der Waals surface area (Å²) in [6.07, 6.45) is 8.43. The number of hydrogen-bond donors (Lipinski definition) is 3. The molecule has 2 aromatic carbocycles. The number of nitrogens with zero attached hydrogens (tertiary/aromatic N) is 2. The van der Waals surface area contributed by atoms with E-state index in [1.165, 1.54) is 0 Å². The summed E-state index contributed by atoms with van der Waals surface area (Å²) in [5, 5.41) is 17.5. The summed E-state index contributed by atoms with van der Waals surface area (Å²) < 4.78 is 12.9. The molecule has 5 rings (SSSR count). The Kier molecular flexibility index (Phi) is 7.20. The van der Waals surface area contributed by atoms with Gasteiger partial charge >= 0.3 is 0 Å². The zero-order valence-electron chi connectivity index (χ0n) is 20.5. The third-order valence-corrected chi connectivity index (χ3v) is 7.11. The monoisotopic (exact) mass is 506 g/mol. The van der Waals surface area contributed by atoms with Gasteiger partial charge in [0.05, 0.1) is 24.9 Å². The number of methoxy groups -OCH3 is 2. The van der Waals surface area contributed by atoms with Crippen molar-refractivity contribution in [3.05, 3.63) is 71.5 Å². The molecule has 1 fully saturated rings. The van der Waals surface area contributed by atoms with Gasteiger partial charge in [0, 0.05) is 54.4 Å². The van der Waals surface area contributed by atoms with Gasteiger partial charge in [0.2, 0.25) is 0 Å².